The molecule has 0 saturated carbocycles. The topological polar surface area (TPSA) is 43.6 Å². The lowest BCUT2D eigenvalue weighted by Crippen LogP contribution is -2.04. The first kappa shape index (κ1) is 32.1. The summed E-state index contributed by atoms with van der Waals surface area (Å²) in [5.74, 6) is -0.407. The normalized spacial score (nSPS) is 11.4. The first-order chi connectivity index (χ1) is 25.9. The average Bonchev–Trinajstić information content (AvgIpc) is 3.53. The predicted octanol–water partition coefficient (Wildman–Crippen LogP) is 12.2. The van der Waals surface area contributed by atoms with Crippen molar-refractivity contribution in [1.82, 2.24) is 19.5 Å². The van der Waals surface area contributed by atoms with Crippen LogP contribution in [0.4, 0.5) is 8.78 Å². The molecule has 0 bridgehead atoms. The zero-order valence-corrected chi connectivity index (χ0v) is 29.1. The van der Waals surface area contributed by atoms with Crippen molar-refractivity contribution >= 4 is 21.8 Å². The van der Waals surface area contributed by atoms with Crippen molar-refractivity contribution in [3.05, 3.63) is 180 Å². The van der Waals surface area contributed by atoms with Crippen molar-refractivity contribution in [2.75, 3.05) is 0 Å². The van der Waals surface area contributed by atoms with Crippen LogP contribution in [0.2, 0.25) is 0 Å². The summed E-state index contributed by atoms with van der Waals surface area (Å²) in [7, 11) is 0. The summed E-state index contributed by atoms with van der Waals surface area (Å²) in [5.41, 5.74) is 10.5. The molecule has 0 amide bonds. The number of hydrogen-bond donors (Lipinski definition) is 0. The van der Waals surface area contributed by atoms with Crippen LogP contribution in [0.25, 0.3) is 83.9 Å². The van der Waals surface area contributed by atoms with Gasteiger partial charge in [0.25, 0.3) is 0 Å². The molecule has 254 valence electrons. The number of hydrogen-bond acceptors (Lipinski definition) is 3. The number of aromatic nitrogens is 4. The van der Waals surface area contributed by atoms with Gasteiger partial charge in [-0.15, -0.1) is 0 Å². The Morgan fingerprint density at radius 2 is 1.06 bits per heavy atom. The van der Waals surface area contributed by atoms with Crippen LogP contribution in [0.1, 0.15) is 11.1 Å². The van der Waals surface area contributed by atoms with E-state index in [0.717, 1.165) is 50.2 Å². The minimum absolute atomic E-state index is 0.152. The van der Waals surface area contributed by atoms with Crippen LogP contribution < -0.4 is 0 Å². The van der Waals surface area contributed by atoms with Gasteiger partial charge in [0, 0.05) is 33.0 Å². The molecule has 6 heteroatoms. The van der Waals surface area contributed by atoms with Crippen molar-refractivity contribution in [2.24, 2.45) is 0 Å². The molecule has 2 aromatic heterocycles. The molecule has 0 unspecified atom stereocenters. The molecular weight excluding hydrogens is 659 g/mol. The van der Waals surface area contributed by atoms with Gasteiger partial charge in [0.1, 0.15) is 0 Å². The minimum atomic E-state index is -0.910. The molecule has 0 aliphatic rings. The van der Waals surface area contributed by atoms with Gasteiger partial charge in [0.15, 0.2) is 29.1 Å². The highest BCUT2D eigenvalue weighted by atomic mass is 19.2. The Morgan fingerprint density at radius 1 is 0.434 bits per heavy atom. The van der Waals surface area contributed by atoms with E-state index in [9.17, 15) is 4.39 Å². The fraction of sp³-hybridized carbons (Fsp3) is 0.0426. The molecule has 0 saturated heterocycles. The number of rotatable bonds is 6. The summed E-state index contributed by atoms with van der Waals surface area (Å²) >= 11 is 0. The number of benzene rings is 7. The fourth-order valence-corrected chi connectivity index (χ4v) is 7.27. The molecule has 0 aliphatic heterocycles. The number of para-hydroxylation sites is 1. The summed E-state index contributed by atoms with van der Waals surface area (Å²) in [6.45, 7) is 4.25. The molecule has 0 atom stereocenters. The van der Waals surface area contributed by atoms with Crippen LogP contribution >= 0.6 is 0 Å². The lowest BCUT2D eigenvalue weighted by atomic mass is 9.97. The molecule has 53 heavy (non-hydrogen) atoms. The van der Waals surface area contributed by atoms with Crippen LogP contribution in [-0.2, 0) is 0 Å². The Kier molecular flexibility index (Phi) is 7.93. The minimum Gasteiger partial charge on any atom is -0.309 e. The van der Waals surface area contributed by atoms with Crippen LogP contribution in [0, 0.1) is 25.5 Å². The lowest BCUT2D eigenvalue weighted by molar-refractivity contribution is 0.511. The summed E-state index contributed by atoms with van der Waals surface area (Å²) in [6.07, 6.45) is 0. The van der Waals surface area contributed by atoms with Gasteiger partial charge in [-0.2, -0.15) is 0 Å². The maximum Gasteiger partial charge on any atom is 0.166 e. The van der Waals surface area contributed by atoms with E-state index in [4.69, 9.17) is 15.0 Å². The summed E-state index contributed by atoms with van der Waals surface area (Å²) in [6, 6.07) is 50.9. The van der Waals surface area contributed by atoms with Crippen LogP contribution in [-0.4, -0.2) is 19.5 Å². The quantitative estimate of drug-likeness (QED) is 0.174. The first-order valence-electron chi connectivity index (χ1n) is 17.5. The van der Waals surface area contributed by atoms with E-state index < -0.39 is 11.6 Å². The zero-order valence-electron chi connectivity index (χ0n) is 29.1. The van der Waals surface area contributed by atoms with Crippen LogP contribution in [0.15, 0.2) is 158 Å². The Balaban J connectivity index is 1.34. The van der Waals surface area contributed by atoms with Crippen LogP contribution in [0.5, 0.6) is 0 Å². The third kappa shape index (κ3) is 5.75. The largest absolute Gasteiger partial charge is 0.309 e. The molecule has 9 rings (SSSR count). The highest BCUT2D eigenvalue weighted by Crippen LogP contribution is 2.40. The van der Waals surface area contributed by atoms with E-state index in [1.54, 1.807) is 6.07 Å². The zero-order chi connectivity index (χ0) is 36.1. The highest BCUT2D eigenvalue weighted by Gasteiger charge is 2.22. The Labute approximate surface area is 305 Å². The van der Waals surface area contributed by atoms with Crippen molar-refractivity contribution in [3.8, 4) is 62.1 Å². The van der Waals surface area contributed by atoms with Crippen LogP contribution in [0.3, 0.4) is 0 Å². The maximum absolute atomic E-state index is 15.4. The van der Waals surface area contributed by atoms with Gasteiger partial charge in [-0.3, -0.25) is 0 Å². The van der Waals surface area contributed by atoms with Gasteiger partial charge >= 0.3 is 0 Å². The molecular formula is C47H32F2N4. The summed E-state index contributed by atoms with van der Waals surface area (Å²) < 4.78 is 32.2. The third-order valence-electron chi connectivity index (χ3n) is 9.81. The number of nitrogens with zero attached hydrogens (tertiary/aromatic N) is 4. The molecule has 0 N–H and O–H groups in total. The van der Waals surface area contributed by atoms with Gasteiger partial charge in [0.05, 0.1) is 16.7 Å². The van der Waals surface area contributed by atoms with E-state index in [1.807, 2.05) is 84.9 Å². The molecule has 0 aliphatic carbocycles. The van der Waals surface area contributed by atoms with Crippen molar-refractivity contribution < 1.29 is 8.78 Å². The summed E-state index contributed by atoms with van der Waals surface area (Å²) in [4.78, 5) is 15.1. The van der Waals surface area contributed by atoms with Crippen molar-refractivity contribution in [2.45, 2.75) is 13.8 Å². The maximum atomic E-state index is 15.4. The van der Waals surface area contributed by atoms with Gasteiger partial charge in [-0.25, -0.2) is 23.7 Å². The second-order valence-electron chi connectivity index (χ2n) is 13.3. The average molecular weight is 691 g/mol. The standard InChI is InChI=1S/C47H32F2N4/c1-29-20-23-35(30(2)26-29)33-21-24-42-38(27-33)37-16-9-10-19-41(37)53(42)43-25-22-34(36-17-11-18-40(48)44(36)49)28-39(43)47-51-45(31-12-5-3-6-13-31)50-46(52-47)32-14-7-4-8-15-32/h3-28H,1-2H3. The first-order valence-corrected chi connectivity index (χ1v) is 17.5. The molecule has 0 radical (unpaired) electrons. The molecule has 4 nitrogen and oxygen atoms in total. The molecule has 0 fully saturated rings. The number of fused-ring (bicyclic) bond motifs is 3. The van der Waals surface area contributed by atoms with Gasteiger partial charge in [-0.1, -0.05) is 127 Å². The molecule has 2 heterocycles. The number of halogens is 2. The van der Waals surface area contributed by atoms with E-state index in [-0.39, 0.29) is 5.56 Å². The van der Waals surface area contributed by atoms with Crippen molar-refractivity contribution in [3.63, 3.8) is 0 Å². The second-order valence-corrected chi connectivity index (χ2v) is 13.3. The highest BCUT2D eigenvalue weighted by molar-refractivity contribution is 6.11. The SMILES string of the molecule is Cc1ccc(-c2ccc3c(c2)c2ccccc2n3-c2ccc(-c3cccc(F)c3F)cc2-c2nc(-c3ccccc3)nc(-c3ccccc3)n2)c(C)c1. The lowest BCUT2D eigenvalue weighted by Gasteiger charge is -2.17. The van der Waals surface area contributed by atoms with E-state index in [0.29, 0.717) is 28.6 Å². The Bertz CT molecular complexity index is 2770. The van der Waals surface area contributed by atoms with E-state index in [2.05, 4.69) is 73.0 Å². The third-order valence-corrected chi connectivity index (χ3v) is 9.81. The second kappa shape index (κ2) is 13.1. The Hall–Kier alpha value is -6.79. The van der Waals surface area contributed by atoms with Crippen molar-refractivity contribution in [1.29, 1.82) is 0 Å². The van der Waals surface area contributed by atoms with E-state index in [1.165, 1.54) is 22.8 Å². The number of aryl methyl sites for hydroxylation is 2. The van der Waals surface area contributed by atoms with Gasteiger partial charge in [-0.05, 0) is 72.5 Å². The fourth-order valence-electron chi connectivity index (χ4n) is 7.27. The monoisotopic (exact) mass is 690 g/mol. The molecule has 0 spiro atoms. The van der Waals surface area contributed by atoms with Gasteiger partial charge in [0.2, 0.25) is 0 Å². The Morgan fingerprint density at radius 3 is 1.77 bits per heavy atom. The van der Waals surface area contributed by atoms with Gasteiger partial charge < -0.3 is 4.57 Å². The smallest absolute Gasteiger partial charge is 0.166 e. The van der Waals surface area contributed by atoms with E-state index >= 15 is 4.39 Å². The molecule has 9 aromatic rings. The molecule has 7 aromatic carbocycles. The predicted molar refractivity (Wildman–Crippen MR) is 211 cm³/mol. The summed E-state index contributed by atoms with van der Waals surface area (Å²) in [5, 5.41) is 2.18.